The van der Waals surface area contributed by atoms with E-state index in [0.29, 0.717) is 22.6 Å². The number of primary sulfonamides is 1. The van der Waals surface area contributed by atoms with E-state index in [-0.39, 0.29) is 11.7 Å². The van der Waals surface area contributed by atoms with Crippen LogP contribution in [0.1, 0.15) is 27.4 Å². The van der Waals surface area contributed by atoms with E-state index in [2.05, 4.69) is 10.5 Å². The van der Waals surface area contributed by atoms with Crippen LogP contribution < -0.4 is 10.5 Å². The average molecular weight is 418 g/mol. The van der Waals surface area contributed by atoms with Crippen LogP contribution in [0.25, 0.3) is 0 Å². The highest BCUT2D eigenvalue weighted by molar-refractivity contribution is 7.98. The summed E-state index contributed by atoms with van der Waals surface area (Å²) >= 11 is 1.47. The van der Waals surface area contributed by atoms with Gasteiger partial charge >= 0.3 is 0 Å². The second kappa shape index (κ2) is 8.59. The van der Waals surface area contributed by atoms with Crippen molar-refractivity contribution in [2.45, 2.75) is 23.3 Å². The van der Waals surface area contributed by atoms with Crippen molar-refractivity contribution in [2.75, 3.05) is 5.32 Å². The number of benzene rings is 2. The molecule has 0 fully saturated rings. The zero-order valence-corrected chi connectivity index (χ0v) is 16.7. The Hall–Kier alpha value is -2.62. The van der Waals surface area contributed by atoms with Crippen LogP contribution in [0.5, 0.6) is 0 Å². The van der Waals surface area contributed by atoms with Crippen LogP contribution in [-0.2, 0) is 21.5 Å². The minimum Gasteiger partial charge on any atom is -0.360 e. The Morgan fingerprint density at radius 2 is 1.96 bits per heavy atom. The molecule has 0 saturated carbocycles. The molecule has 0 radical (unpaired) electrons. The summed E-state index contributed by atoms with van der Waals surface area (Å²) in [6.07, 6.45) is 0. The highest BCUT2D eigenvalue weighted by Gasteiger charge is 2.13. The van der Waals surface area contributed by atoms with E-state index in [1.165, 1.54) is 11.8 Å². The molecule has 0 atom stereocenters. The first-order valence-corrected chi connectivity index (χ1v) is 11.0. The van der Waals surface area contributed by atoms with Crippen LogP contribution >= 0.6 is 11.8 Å². The van der Waals surface area contributed by atoms with Gasteiger partial charge in [-0.25, -0.2) is 13.6 Å². The van der Waals surface area contributed by atoms with Crippen LogP contribution in [0, 0.1) is 6.92 Å². The number of nitrogens with zero attached hydrogens (tertiary/aromatic N) is 1. The number of sulfonamides is 1. The number of thioether (sulfide) groups is 1. The lowest BCUT2D eigenvalue weighted by molar-refractivity contribution is 0.102. The molecule has 0 bridgehead atoms. The largest absolute Gasteiger partial charge is 0.360 e. The predicted octanol–water partition coefficient (Wildman–Crippen LogP) is 3.32. The van der Waals surface area contributed by atoms with Crippen molar-refractivity contribution >= 4 is 33.4 Å². The lowest BCUT2D eigenvalue weighted by Crippen LogP contribution is -2.15. The maximum absolute atomic E-state index is 12.7. The van der Waals surface area contributed by atoms with Gasteiger partial charge in [0.2, 0.25) is 10.0 Å². The van der Waals surface area contributed by atoms with Crippen molar-refractivity contribution in [3.8, 4) is 0 Å². The SMILES string of the molecule is Cc1cc(CSc2ccccc2C(=O)Nc2cccc(CS(N)(=O)=O)c2)on1. The van der Waals surface area contributed by atoms with Crippen LogP contribution in [0.2, 0.25) is 0 Å². The number of aromatic nitrogens is 1. The molecule has 0 aliphatic rings. The summed E-state index contributed by atoms with van der Waals surface area (Å²) in [5.41, 5.74) is 2.32. The summed E-state index contributed by atoms with van der Waals surface area (Å²) in [6, 6.07) is 15.7. The predicted molar refractivity (Wildman–Crippen MR) is 108 cm³/mol. The molecule has 3 aromatic rings. The number of hydrogen-bond donors (Lipinski definition) is 2. The number of carbonyl (C=O) groups excluding carboxylic acids is 1. The van der Waals surface area contributed by atoms with Crippen molar-refractivity contribution in [1.29, 1.82) is 0 Å². The molecule has 0 aliphatic carbocycles. The van der Waals surface area contributed by atoms with E-state index < -0.39 is 10.0 Å². The van der Waals surface area contributed by atoms with E-state index in [1.54, 1.807) is 36.4 Å². The fourth-order valence-corrected chi connectivity index (χ4v) is 4.15. The quantitative estimate of drug-likeness (QED) is 0.570. The van der Waals surface area contributed by atoms with Crippen molar-refractivity contribution in [2.24, 2.45) is 5.14 Å². The molecule has 3 rings (SSSR count). The molecule has 28 heavy (non-hydrogen) atoms. The van der Waals surface area contributed by atoms with E-state index in [0.717, 1.165) is 16.3 Å². The number of nitrogens with one attached hydrogen (secondary N) is 1. The van der Waals surface area contributed by atoms with Crippen molar-refractivity contribution in [3.05, 3.63) is 77.2 Å². The molecular weight excluding hydrogens is 398 g/mol. The van der Waals surface area contributed by atoms with Gasteiger partial charge in [-0.1, -0.05) is 29.4 Å². The summed E-state index contributed by atoms with van der Waals surface area (Å²) in [6.45, 7) is 1.85. The molecule has 0 spiro atoms. The Balaban J connectivity index is 1.73. The molecular formula is C19H19N3O4S2. The minimum absolute atomic E-state index is 0.287. The fourth-order valence-electron chi connectivity index (χ4n) is 2.58. The summed E-state index contributed by atoms with van der Waals surface area (Å²) in [7, 11) is -3.64. The van der Waals surface area contributed by atoms with Gasteiger partial charge in [-0.3, -0.25) is 4.79 Å². The van der Waals surface area contributed by atoms with E-state index in [9.17, 15) is 13.2 Å². The average Bonchev–Trinajstić information content (AvgIpc) is 3.04. The normalized spacial score (nSPS) is 11.4. The summed E-state index contributed by atoms with van der Waals surface area (Å²) in [4.78, 5) is 13.5. The third-order valence-corrected chi connectivity index (χ3v) is 5.56. The smallest absolute Gasteiger partial charge is 0.256 e. The van der Waals surface area contributed by atoms with E-state index in [1.807, 2.05) is 25.1 Å². The number of hydrogen-bond acceptors (Lipinski definition) is 6. The van der Waals surface area contributed by atoms with Gasteiger partial charge in [0.15, 0.2) is 0 Å². The lowest BCUT2D eigenvalue weighted by Gasteiger charge is -2.10. The summed E-state index contributed by atoms with van der Waals surface area (Å²) in [5, 5.41) is 11.7. The molecule has 3 N–H and O–H groups in total. The van der Waals surface area contributed by atoms with Crippen molar-refractivity contribution in [1.82, 2.24) is 5.16 Å². The molecule has 0 saturated heterocycles. The minimum atomic E-state index is -3.64. The Morgan fingerprint density at radius 3 is 2.68 bits per heavy atom. The Morgan fingerprint density at radius 1 is 1.18 bits per heavy atom. The van der Waals surface area contributed by atoms with Gasteiger partial charge in [0.05, 0.1) is 22.8 Å². The van der Waals surface area contributed by atoms with Crippen LogP contribution in [0.4, 0.5) is 5.69 Å². The third kappa shape index (κ3) is 5.69. The molecule has 1 heterocycles. The van der Waals surface area contributed by atoms with Gasteiger partial charge in [0.1, 0.15) is 5.76 Å². The standard InChI is InChI=1S/C19H19N3O4S2/c1-13-9-16(26-22-13)11-27-18-8-3-2-7-17(18)19(23)21-15-6-4-5-14(10-15)12-28(20,24)25/h2-10H,11-12H2,1H3,(H,21,23)(H2,20,24,25). The number of nitrogens with two attached hydrogens (primary N) is 1. The van der Waals surface area contributed by atoms with Gasteiger partial charge in [0, 0.05) is 16.6 Å². The Bertz CT molecular complexity index is 1090. The second-order valence-electron chi connectivity index (χ2n) is 6.18. The molecule has 146 valence electrons. The van der Waals surface area contributed by atoms with Crippen LogP contribution in [-0.4, -0.2) is 19.5 Å². The molecule has 0 unspecified atom stereocenters. The van der Waals surface area contributed by atoms with E-state index in [4.69, 9.17) is 9.66 Å². The molecule has 1 amide bonds. The third-order valence-electron chi connectivity index (χ3n) is 3.73. The molecule has 9 heteroatoms. The van der Waals surface area contributed by atoms with Crippen molar-refractivity contribution < 1.29 is 17.7 Å². The van der Waals surface area contributed by atoms with E-state index >= 15 is 0 Å². The van der Waals surface area contributed by atoms with Crippen LogP contribution in [0.3, 0.4) is 0 Å². The van der Waals surface area contributed by atoms with Gasteiger partial charge in [-0.2, -0.15) is 0 Å². The van der Waals surface area contributed by atoms with Gasteiger partial charge in [-0.15, -0.1) is 11.8 Å². The van der Waals surface area contributed by atoms with Gasteiger partial charge < -0.3 is 9.84 Å². The summed E-state index contributed by atoms with van der Waals surface area (Å²) in [5.74, 6) is 0.701. The van der Waals surface area contributed by atoms with Gasteiger partial charge in [-0.05, 0) is 36.8 Å². The summed E-state index contributed by atoms with van der Waals surface area (Å²) < 4.78 is 27.7. The van der Waals surface area contributed by atoms with Crippen molar-refractivity contribution in [3.63, 3.8) is 0 Å². The Labute approximate surface area is 167 Å². The first kappa shape index (κ1) is 20.1. The van der Waals surface area contributed by atoms with Gasteiger partial charge in [0.25, 0.3) is 5.91 Å². The number of amides is 1. The van der Waals surface area contributed by atoms with Crippen LogP contribution in [0.15, 0.2) is 64.0 Å². The Kier molecular flexibility index (Phi) is 6.18. The maximum Gasteiger partial charge on any atom is 0.256 e. The molecule has 0 aliphatic heterocycles. The zero-order valence-electron chi connectivity index (χ0n) is 15.1. The molecule has 7 nitrogen and oxygen atoms in total. The number of carbonyl (C=O) groups is 1. The maximum atomic E-state index is 12.7. The number of aryl methyl sites for hydroxylation is 1. The zero-order chi connectivity index (χ0) is 20.1. The number of anilines is 1. The highest BCUT2D eigenvalue weighted by atomic mass is 32.2. The first-order chi connectivity index (χ1) is 13.3. The monoisotopic (exact) mass is 417 g/mol. The molecule has 1 aromatic heterocycles. The fraction of sp³-hybridized carbons (Fsp3) is 0.158. The first-order valence-electron chi connectivity index (χ1n) is 8.35. The topological polar surface area (TPSA) is 115 Å². The molecule has 2 aromatic carbocycles. The second-order valence-corrected chi connectivity index (χ2v) is 8.81. The lowest BCUT2D eigenvalue weighted by atomic mass is 10.2. The highest BCUT2D eigenvalue weighted by Crippen LogP contribution is 2.27. The number of rotatable bonds is 7.